The number of nitrogens with one attached hydrogen (secondary N) is 2. The molecule has 22 heavy (non-hydrogen) atoms. The normalized spacial score (nSPS) is 10.4. The van der Waals surface area contributed by atoms with Gasteiger partial charge < -0.3 is 15.4 Å². The van der Waals surface area contributed by atoms with Crippen LogP contribution in [-0.2, 0) is 0 Å². The number of anilines is 2. The monoisotopic (exact) mass is 298 g/mol. The van der Waals surface area contributed by atoms with E-state index in [1.165, 1.54) is 5.56 Å². The third-order valence-electron chi connectivity index (χ3n) is 3.26. The second-order valence-corrected chi connectivity index (χ2v) is 5.31. The summed E-state index contributed by atoms with van der Waals surface area (Å²) in [6.07, 6.45) is 0. The fraction of sp³-hybridized carbons (Fsp3) is 0.278. The summed E-state index contributed by atoms with van der Waals surface area (Å²) in [5, 5.41) is 5.61. The predicted octanol–water partition coefficient (Wildman–Crippen LogP) is 4.85. The molecule has 116 valence electrons. The first kappa shape index (κ1) is 15.9. The van der Waals surface area contributed by atoms with Gasteiger partial charge in [-0.05, 0) is 54.8 Å². The number of benzene rings is 2. The zero-order valence-corrected chi connectivity index (χ0v) is 13.2. The fourth-order valence-electron chi connectivity index (χ4n) is 2.05. The minimum Gasteiger partial charge on any atom is -0.494 e. The van der Waals surface area contributed by atoms with E-state index in [-0.39, 0.29) is 6.03 Å². The van der Waals surface area contributed by atoms with E-state index in [0.717, 1.165) is 17.1 Å². The summed E-state index contributed by atoms with van der Waals surface area (Å²) < 4.78 is 5.36. The number of amides is 2. The first-order valence-corrected chi connectivity index (χ1v) is 7.49. The van der Waals surface area contributed by atoms with Gasteiger partial charge in [0.05, 0.1) is 6.61 Å². The number of ether oxygens (including phenoxy) is 1. The van der Waals surface area contributed by atoms with Gasteiger partial charge in [-0.2, -0.15) is 0 Å². The van der Waals surface area contributed by atoms with Gasteiger partial charge in [0.2, 0.25) is 0 Å². The highest BCUT2D eigenvalue weighted by Gasteiger charge is 2.04. The van der Waals surface area contributed by atoms with Gasteiger partial charge >= 0.3 is 6.03 Å². The van der Waals surface area contributed by atoms with Crippen LogP contribution in [0, 0.1) is 0 Å². The molecular weight excluding hydrogens is 276 g/mol. The van der Waals surface area contributed by atoms with Crippen molar-refractivity contribution < 1.29 is 9.53 Å². The summed E-state index contributed by atoms with van der Waals surface area (Å²) in [5.41, 5.74) is 2.74. The molecule has 2 rings (SSSR count). The molecule has 0 unspecified atom stereocenters. The fourth-order valence-corrected chi connectivity index (χ4v) is 2.05. The Labute approximate surface area is 131 Å². The third kappa shape index (κ3) is 4.52. The Bertz CT molecular complexity index is 604. The van der Waals surface area contributed by atoms with Gasteiger partial charge in [0.15, 0.2) is 0 Å². The molecule has 0 saturated carbocycles. The molecule has 0 aliphatic heterocycles. The zero-order valence-electron chi connectivity index (χ0n) is 13.2. The van der Waals surface area contributed by atoms with Crippen LogP contribution in [0.1, 0.15) is 32.3 Å². The number of hydrogen-bond donors (Lipinski definition) is 2. The van der Waals surface area contributed by atoms with Crippen molar-refractivity contribution in [1.82, 2.24) is 0 Å². The zero-order chi connectivity index (χ0) is 15.9. The van der Waals surface area contributed by atoms with Crippen LogP contribution in [0.2, 0.25) is 0 Å². The molecule has 2 aromatic rings. The second-order valence-electron chi connectivity index (χ2n) is 5.31. The Morgan fingerprint density at radius 1 is 0.955 bits per heavy atom. The first-order valence-electron chi connectivity index (χ1n) is 7.49. The molecule has 0 aliphatic carbocycles. The van der Waals surface area contributed by atoms with Crippen LogP contribution in [0.5, 0.6) is 5.75 Å². The molecule has 0 bridgehead atoms. The van der Waals surface area contributed by atoms with E-state index < -0.39 is 0 Å². The number of carbonyl (C=O) groups is 1. The number of carbonyl (C=O) groups excluding carboxylic acids is 1. The van der Waals surface area contributed by atoms with Crippen molar-refractivity contribution in [2.45, 2.75) is 26.7 Å². The summed E-state index contributed by atoms with van der Waals surface area (Å²) in [6, 6.07) is 14.9. The maximum atomic E-state index is 12.0. The van der Waals surface area contributed by atoms with Crippen LogP contribution in [0.15, 0.2) is 48.5 Å². The van der Waals surface area contributed by atoms with Crippen LogP contribution in [-0.4, -0.2) is 12.6 Å². The van der Waals surface area contributed by atoms with Crippen LogP contribution >= 0.6 is 0 Å². The van der Waals surface area contributed by atoms with Gasteiger partial charge in [0.25, 0.3) is 0 Å². The standard InChI is InChI=1S/C18H22N2O2/c1-4-22-17-11-9-16(10-12-17)20-18(21)19-15-7-5-14(6-8-15)13(2)3/h5-13H,4H2,1-3H3,(H2,19,20,21). The van der Waals surface area contributed by atoms with Crippen LogP contribution in [0.25, 0.3) is 0 Å². The first-order chi connectivity index (χ1) is 10.6. The molecule has 0 saturated heterocycles. The number of urea groups is 1. The number of hydrogen-bond acceptors (Lipinski definition) is 2. The molecule has 4 nitrogen and oxygen atoms in total. The van der Waals surface area contributed by atoms with Crippen molar-refractivity contribution in [1.29, 1.82) is 0 Å². The summed E-state index contributed by atoms with van der Waals surface area (Å²) in [5.74, 6) is 1.27. The van der Waals surface area contributed by atoms with Crippen molar-refractivity contribution in [2.75, 3.05) is 17.2 Å². The molecule has 0 radical (unpaired) electrons. The Kier molecular flexibility index (Phi) is 5.42. The van der Waals surface area contributed by atoms with Crippen molar-refractivity contribution in [3.63, 3.8) is 0 Å². The van der Waals surface area contributed by atoms with E-state index in [1.54, 1.807) is 0 Å². The van der Waals surface area contributed by atoms with Gasteiger partial charge in [0, 0.05) is 11.4 Å². The lowest BCUT2D eigenvalue weighted by Crippen LogP contribution is -2.19. The summed E-state index contributed by atoms with van der Waals surface area (Å²) in [6.45, 7) is 6.84. The topological polar surface area (TPSA) is 50.4 Å². The molecule has 2 N–H and O–H groups in total. The summed E-state index contributed by atoms with van der Waals surface area (Å²) in [7, 11) is 0. The van der Waals surface area contributed by atoms with E-state index in [1.807, 2.05) is 55.5 Å². The molecule has 2 aromatic carbocycles. The Hall–Kier alpha value is -2.49. The number of rotatable bonds is 5. The molecule has 0 aromatic heterocycles. The molecule has 0 fully saturated rings. The molecule has 2 amide bonds. The smallest absolute Gasteiger partial charge is 0.323 e. The van der Waals surface area contributed by atoms with Crippen LogP contribution < -0.4 is 15.4 Å². The molecule has 0 spiro atoms. The van der Waals surface area contributed by atoms with E-state index in [0.29, 0.717) is 12.5 Å². The minimum absolute atomic E-state index is 0.263. The summed E-state index contributed by atoms with van der Waals surface area (Å²) in [4.78, 5) is 12.0. The van der Waals surface area contributed by atoms with Crippen molar-refractivity contribution in [3.05, 3.63) is 54.1 Å². The Morgan fingerprint density at radius 2 is 1.45 bits per heavy atom. The van der Waals surface area contributed by atoms with Crippen molar-refractivity contribution >= 4 is 17.4 Å². The minimum atomic E-state index is -0.263. The largest absolute Gasteiger partial charge is 0.494 e. The molecule has 0 atom stereocenters. The maximum Gasteiger partial charge on any atom is 0.323 e. The van der Waals surface area contributed by atoms with E-state index in [9.17, 15) is 4.79 Å². The lowest BCUT2D eigenvalue weighted by molar-refractivity contribution is 0.262. The van der Waals surface area contributed by atoms with Gasteiger partial charge in [-0.15, -0.1) is 0 Å². The predicted molar refractivity (Wildman–Crippen MR) is 90.8 cm³/mol. The van der Waals surface area contributed by atoms with Crippen LogP contribution in [0.3, 0.4) is 0 Å². The second kappa shape index (κ2) is 7.50. The third-order valence-corrected chi connectivity index (χ3v) is 3.26. The average Bonchev–Trinajstić information content (AvgIpc) is 2.50. The summed E-state index contributed by atoms with van der Waals surface area (Å²) >= 11 is 0. The van der Waals surface area contributed by atoms with Crippen molar-refractivity contribution in [2.24, 2.45) is 0 Å². The van der Waals surface area contributed by atoms with E-state index >= 15 is 0 Å². The lowest BCUT2D eigenvalue weighted by atomic mass is 10.0. The Morgan fingerprint density at radius 3 is 1.91 bits per heavy atom. The SMILES string of the molecule is CCOc1ccc(NC(=O)Nc2ccc(C(C)C)cc2)cc1. The van der Waals surface area contributed by atoms with Gasteiger partial charge in [-0.1, -0.05) is 26.0 Å². The van der Waals surface area contributed by atoms with Crippen LogP contribution in [0.4, 0.5) is 16.2 Å². The van der Waals surface area contributed by atoms with Gasteiger partial charge in [-0.3, -0.25) is 0 Å². The quantitative estimate of drug-likeness (QED) is 0.828. The maximum absolute atomic E-state index is 12.0. The van der Waals surface area contributed by atoms with Crippen molar-refractivity contribution in [3.8, 4) is 5.75 Å². The average molecular weight is 298 g/mol. The molecule has 0 aliphatic rings. The highest BCUT2D eigenvalue weighted by atomic mass is 16.5. The highest BCUT2D eigenvalue weighted by molar-refractivity contribution is 5.99. The van der Waals surface area contributed by atoms with E-state index in [2.05, 4.69) is 24.5 Å². The lowest BCUT2D eigenvalue weighted by Gasteiger charge is -2.10. The van der Waals surface area contributed by atoms with Gasteiger partial charge in [-0.25, -0.2) is 4.79 Å². The van der Waals surface area contributed by atoms with E-state index in [4.69, 9.17) is 4.74 Å². The van der Waals surface area contributed by atoms with Gasteiger partial charge in [0.1, 0.15) is 5.75 Å². The molecule has 4 heteroatoms. The molecule has 0 heterocycles. The highest BCUT2D eigenvalue weighted by Crippen LogP contribution is 2.18. The molecular formula is C18H22N2O2. The Balaban J connectivity index is 1.91.